The summed E-state index contributed by atoms with van der Waals surface area (Å²) < 4.78 is 9.53. The molecule has 0 unspecified atom stereocenters. The highest BCUT2D eigenvalue weighted by atomic mass is 32.2. The standard InChI is InChI=1S/C80H53N5S/c1-81-69-43-33-55(52-27-36-58(37-28-52)83-71-19-7-2-14-61(71)62-15-3-8-20-72(62)83)47-67(69)68-48-56(34-44-70(68)81)53-29-38-60(39-30-53)85-75-23-11-6-18-65(75)66-46-51(26-42-76(66)85)50-82-77-24-12-13-25-79(77)86-80-49-57(35-45-78(80)82)54-31-40-59(41-32-54)84-73-21-9-4-16-63(73)64-17-5-10-22-74(64)84/h2-49H,50H2,1H3. The Hall–Kier alpha value is -10.8. The maximum absolute atomic E-state index is 2.51. The van der Waals surface area contributed by atoms with E-state index in [1.54, 1.807) is 0 Å². The summed E-state index contributed by atoms with van der Waals surface area (Å²) in [4.78, 5) is 5.03. The lowest BCUT2D eigenvalue weighted by Gasteiger charge is -2.33. The van der Waals surface area contributed by atoms with E-state index in [9.17, 15) is 0 Å². The van der Waals surface area contributed by atoms with Crippen LogP contribution in [-0.4, -0.2) is 18.3 Å². The molecule has 404 valence electrons. The summed E-state index contributed by atoms with van der Waals surface area (Å²) in [6, 6.07) is 108. The molecule has 18 rings (SSSR count). The van der Waals surface area contributed by atoms with Crippen molar-refractivity contribution < 1.29 is 0 Å². The van der Waals surface area contributed by atoms with Crippen LogP contribution in [0.2, 0.25) is 0 Å². The monoisotopic (exact) mass is 1120 g/mol. The van der Waals surface area contributed by atoms with Gasteiger partial charge in [0, 0.05) is 94.6 Å². The molecule has 0 spiro atoms. The molecule has 5 heterocycles. The van der Waals surface area contributed by atoms with E-state index in [2.05, 4.69) is 321 Å². The first-order valence-electron chi connectivity index (χ1n) is 29.6. The maximum atomic E-state index is 2.51. The molecule has 6 heteroatoms. The zero-order valence-corrected chi connectivity index (χ0v) is 47.9. The summed E-state index contributed by atoms with van der Waals surface area (Å²) in [6.07, 6.45) is 0. The molecule has 1 aliphatic heterocycles. The van der Waals surface area contributed by atoms with Crippen molar-refractivity contribution in [3.05, 3.63) is 297 Å². The number of aromatic nitrogens is 4. The molecule has 13 aromatic carbocycles. The number of anilines is 2. The third-order valence-corrected chi connectivity index (χ3v) is 19.4. The molecule has 0 amide bonds. The van der Waals surface area contributed by atoms with Gasteiger partial charge in [0.1, 0.15) is 0 Å². The third-order valence-electron chi connectivity index (χ3n) is 18.2. The second-order valence-corrected chi connectivity index (χ2v) is 24.0. The van der Waals surface area contributed by atoms with E-state index in [-0.39, 0.29) is 0 Å². The van der Waals surface area contributed by atoms with Crippen LogP contribution in [0.4, 0.5) is 11.4 Å². The zero-order valence-electron chi connectivity index (χ0n) is 47.1. The molecule has 0 radical (unpaired) electrons. The molecule has 4 aromatic heterocycles. The van der Waals surface area contributed by atoms with Crippen molar-refractivity contribution in [2.24, 2.45) is 7.05 Å². The summed E-state index contributed by atoms with van der Waals surface area (Å²) in [5.74, 6) is 0. The van der Waals surface area contributed by atoms with E-state index < -0.39 is 0 Å². The van der Waals surface area contributed by atoms with Gasteiger partial charge >= 0.3 is 0 Å². The molecule has 0 saturated heterocycles. The summed E-state index contributed by atoms with van der Waals surface area (Å²) >= 11 is 1.87. The van der Waals surface area contributed by atoms with Gasteiger partial charge in [0.2, 0.25) is 0 Å². The lowest BCUT2D eigenvalue weighted by atomic mass is 10.00. The minimum absolute atomic E-state index is 0.738. The van der Waals surface area contributed by atoms with Crippen LogP contribution < -0.4 is 4.90 Å². The molecular formula is C80H53N5S. The fraction of sp³-hybridized carbons (Fsp3) is 0.0250. The van der Waals surface area contributed by atoms with Gasteiger partial charge in [-0.05, 0) is 166 Å². The van der Waals surface area contributed by atoms with E-state index in [0.29, 0.717) is 0 Å². The largest absolute Gasteiger partial charge is 0.344 e. The summed E-state index contributed by atoms with van der Waals surface area (Å²) in [5.41, 5.74) is 24.1. The average Bonchev–Trinajstić information content (AvgIpc) is 1.89. The third kappa shape index (κ3) is 7.53. The average molecular weight is 1120 g/mol. The molecule has 5 nitrogen and oxygen atoms in total. The van der Waals surface area contributed by atoms with Gasteiger partial charge in [0.15, 0.2) is 0 Å². The minimum atomic E-state index is 0.738. The number of hydrogen-bond acceptors (Lipinski definition) is 2. The first-order valence-corrected chi connectivity index (χ1v) is 30.4. The Bertz CT molecular complexity index is 5490. The lowest BCUT2D eigenvalue weighted by molar-refractivity contribution is 0.940. The predicted molar refractivity (Wildman–Crippen MR) is 363 cm³/mol. The number of aryl methyl sites for hydroxylation is 1. The fourth-order valence-corrected chi connectivity index (χ4v) is 15.3. The van der Waals surface area contributed by atoms with Crippen molar-refractivity contribution in [1.29, 1.82) is 0 Å². The minimum Gasteiger partial charge on any atom is -0.344 e. The molecule has 0 atom stereocenters. The van der Waals surface area contributed by atoms with Crippen LogP contribution in [0.25, 0.3) is 138 Å². The Kier molecular flexibility index (Phi) is 10.8. The van der Waals surface area contributed by atoms with Crippen molar-refractivity contribution in [3.8, 4) is 50.4 Å². The van der Waals surface area contributed by atoms with Gasteiger partial charge in [-0.2, -0.15) is 0 Å². The van der Waals surface area contributed by atoms with Crippen LogP contribution in [0.1, 0.15) is 5.56 Å². The van der Waals surface area contributed by atoms with Gasteiger partial charge in [-0.1, -0.05) is 176 Å². The van der Waals surface area contributed by atoms with E-state index in [1.165, 1.54) is 147 Å². The van der Waals surface area contributed by atoms with Gasteiger partial charge in [-0.15, -0.1) is 0 Å². The lowest BCUT2D eigenvalue weighted by Crippen LogP contribution is -2.20. The number of nitrogens with zero attached hydrogens (tertiary/aromatic N) is 5. The fourth-order valence-electron chi connectivity index (χ4n) is 14.2. The molecule has 0 fully saturated rings. The van der Waals surface area contributed by atoms with Crippen molar-refractivity contribution in [3.63, 3.8) is 0 Å². The summed E-state index contributed by atoms with van der Waals surface area (Å²) in [7, 11) is 2.18. The van der Waals surface area contributed by atoms with E-state index in [4.69, 9.17) is 0 Å². The highest BCUT2D eigenvalue weighted by Crippen LogP contribution is 2.50. The second kappa shape index (κ2) is 19.1. The van der Waals surface area contributed by atoms with Crippen LogP contribution in [0.5, 0.6) is 0 Å². The van der Waals surface area contributed by atoms with Crippen LogP contribution in [0, 0.1) is 0 Å². The van der Waals surface area contributed by atoms with Gasteiger partial charge in [0.25, 0.3) is 0 Å². The van der Waals surface area contributed by atoms with E-state index >= 15 is 0 Å². The molecule has 0 aliphatic carbocycles. The van der Waals surface area contributed by atoms with Gasteiger partial charge < -0.3 is 23.2 Å². The first kappa shape index (κ1) is 48.7. The smallest absolute Gasteiger partial charge is 0.0556 e. The van der Waals surface area contributed by atoms with Crippen molar-refractivity contribution >= 4 is 110 Å². The predicted octanol–water partition coefficient (Wildman–Crippen LogP) is 21.4. The highest BCUT2D eigenvalue weighted by Gasteiger charge is 2.25. The van der Waals surface area contributed by atoms with Crippen LogP contribution in [0.15, 0.2) is 301 Å². The quantitative estimate of drug-likeness (QED) is 0.151. The van der Waals surface area contributed by atoms with Crippen LogP contribution in [0.3, 0.4) is 0 Å². The SMILES string of the molecule is Cn1c2ccc(-c3ccc(-n4c5ccccc5c5ccccc54)cc3)cc2c2cc(-c3ccc(-n4c5ccccc5c5cc(CN6c7ccccc7Sc7cc(-c8ccc(-n9c%10ccccc%10c%10ccccc%109)cc8)ccc76)ccc54)cc3)ccc21. The normalized spacial score (nSPS) is 12.5. The van der Waals surface area contributed by atoms with Gasteiger partial charge in [-0.25, -0.2) is 0 Å². The van der Waals surface area contributed by atoms with Gasteiger partial charge in [-0.3, -0.25) is 0 Å². The summed E-state index contributed by atoms with van der Waals surface area (Å²) in [6.45, 7) is 0.738. The second-order valence-electron chi connectivity index (χ2n) is 22.9. The topological polar surface area (TPSA) is 23.0 Å². The highest BCUT2D eigenvalue weighted by molar-refractivity contribution is 7.99. The van der Waals surface area contributed by atoms with Crippen LogP contribution in [-0.2, 0) is 13.6 Å². The molecule has 0 N–H and O–H groups in total. The Labute approximate surface area is 501 Å². The van der Waals surface area contributed by atoms with Gasteiger partial charge in [0.05, 0.1) is 44.5 Å². The molecule has 17 aromatic rings. The number of benzene rings is 13. The first-order chi connectivity index (χ1) is 42.5. The molecule has 1 aliphatic rings. The van der Waals surface area contributed by atoms with Crippen molar-refractivity contribution in [1.82, 2.24) is 18.3 Å². The number of hydrogen-bond donors (Lipinski definition) is 0. The Morgan fingerprint density at radius 3 is 1.06 bits per heavy atom. The number of para-hydroxylation sites is 6. The number of rotatable bonds is 8. The zero-order chi connectivity index (χ0) is 56.6. The van der Waals surface area contributed by atoms with Crippen molar-refractivity contribution in [2.45, 2.75) is 16.3 Å². The number of fused-ring (bicyclic) bond motifs is 14. The van der Waals surface area contributed by atoms with E-state index in [0.717, 1.165) is 23.6 Å². The summed E-state index contributed by atoms with van der Waals surface area (Å²) in [5, 5.41) is 10.1. The maximum Gasteiger partial charge on any atom is 0.0556 e. The molecular weight excluding hydrogens is 1060 g/mol. The van der Waals surface area contributed by atoms with Crippen LogP contribution >= 0.6 is 11.8 Å². The molecule has 0 saturated carbocycles. The van der Waals surface area contributed by atoms with Crippen molar-refractivity contribution in [2.75, 3.05) is 4.90 Å². The Balaban J connectivity index is 0.641. The molecule has 86 heavy (non-hydrogen) atoms. The van der Waals surface area contributed by atoms with E-state index in [1.807, 2.05) is 11.8 Å². The Morgan fingerprint density at radius 2 is 0.593 bits per heavy atom. The molecule has 0 bridgehead atoms. The Morgan fingerprint density at radius 1 is 0.256 bits per heavy atom.